The summed E-state index contributed by atoms with van der Waals surface area (Å²) in [5.74, 6) is 0.778. The second-order valence-electron chi connectivity index (χ2n) is 4.60. The van der Waals surface area contributed by atoms with E-state index in [1.807, 2.05) is 23.1 Å². The van der Waals surface area contributed by atoms with Crippen molar-refractivity contribution in [2.24, 2.45) is 0 Å². The molecule has 0 radical (unpaired) electrons. The number of carbonyl (C=O) groups is 1. The zero-order valence-electron chi connectivity index (χ0n) is 10.5. The van der Waals surface area contributed by atoms with Gasteiger partial charge < -0.3 is 14.6 Å². The minimum absolute atomic E-state index is 0.00713. The summed E-state index contributed by atoms with van der Waals surface area (Å²) in [6.45, 7) is 1.27. The number of furan rings is 1. The van der Waals surface area contributed by atoms with Gasteiger partial charge in [-0.2, -0.15) is 0 Å². The van der Waals surface area contributed by atoms with E-state index in [1.54, 1.807) is 17.6 Å². The molecule has 1 N–H and O–H groups in total. The number of urea groups is 1. The Bertz CT molecular complexity index is 522. The summed E-state index contributed by atoms with van der Waals surface area (Å²) >= 11 is 1.72. The van der Waals surface area contributed by atoms with Gasteiger partial charge in [0.1, 0.15) is 5.76 Å². The predicted molar refractivity (Wildman–Crippen MR) is 73.9 cm³/mol. The zero-order valence-corrected chi connectivity index (χ0v) is 11.4. The van der Waals surface area contributed by atoms with Crippen LogP contribution in [0.3, 0.4) is 0 Å². The Labute approximate surface area is 116 Å². The van der Waals surface area contributed by atoms with E-state index in [0.717, 1.165) is 25.1 Å². The molecular formula is C14H16N2O2S. The van der Waals surface area contributed by atoms with Gasteiger partial charge in [-0.15, -0.1) is 11.3 Å². The van der Waals surface area contributed by atoms with Gasteiger partial charge in [-0.05, 0) is 36.4 Å². The maximum absolute atomic E-state index is 12.2. The van der Waals surface area contributed by atoms with Gasteiger partial charge in [0.2, 0.25) is 0 Å². The first-order valence-electron chi connectivity index (χ1n) is 6.45. The minimum atomic E-state index is -0.00713. The van der Waals surface area contributed by atoms with Gasteiger partial charge in [0.05, 0.1) is 18.8 Å². The number of hydrogen-bond acceptors (Lipinski definition) is 3. The number of nitrogens with zero attached hydrogens (tertiary/aromatic N) is 1. The van der Waals surface area contributed by atoms with Gasteiger partial charge >= 0.3 is 6.03 Å². The summed E-state index contributed by atoms with van der Waals surface area (Å²) in [6.07, 6.45) is 3.73. The molecule has 100 valence electrons. The Morgan fingerprint density at radius 1 is 1.47 bits per heavy atom. The molecular weight excluding hydrogens is 260 g/mol. The quantitative estimate of drug-likeness (QED) is 0.934. The highest BCUT2D eigenvalue weighted by Crippen LogP contribution is 2.34. The number of likely N-dealkylation sites (tertiary alicyclic amines) is 1. The van der Waals surface area contributed by atoms with Crippen LogP contribution in [-0.4, -0.2) is 17.5 Å². The van der Waals surface area contributed by atoms with Crippen molar-refractivity contribution in [2.75, 3.05) is 6.54 Å². The summed E-state index contributed by atoms with van der Waals surface area (Å²) < 4.78 is 5.21. The normalized spacial score (nSPS) is 18.7. The molecule has 0 aliphatic carbocycles. The van der Waals surface area contributed by atoms with Crippen LogP contribution in [0.1, 0.15) is 29.5 Å². The molecule has 2 aromatic rings. The first-order chi connectivity index (χ1) is 9.34. The Morgan fingerprint density at radius 2 is 2.42 bits per heavy atom. The molecule has 1 aliphatic heterocycles. The van der Waals surface area contributed by atoms with E-state index in [2.05, 4.69) is 16.8 Å². The topological polar surface area (TPSA) is 45.5 Å². The van der Waals surface area contributed by atoms with Crippen LogP contribution in [0.25, 0.3) is 0 Å². The smallest absolute Gasteiger partial charge is 0.318 e. The number of hydrogen-bond donors (Lipinski definition) is 1. The largest absolute Gasteiger partial charge is 0.467 e. The molecule has 0 unspecified atom stereocenters. The fourth-order valence-corrected chi connectivity index (χ4v) is 3.34. The molecule has 1 atom stereocenters. The summed E-state index contributed by atoms with van der Waals surface area (Å²) in [4.78, 5) is 15.4. The van der Waals surface area contributed by atoms with Crippen molar-refractivity contribution in [3.05, 3.63) is 46.5 Å². The molecule has 19 heavy (non-hydrogen) atoms. The number of amides is 2. The van der Waals surface area contributed by atoms with Crippen LogP contribution >= 0.6 is 11.3 Å². The minimum Gasteiger partial charge on any atom is -0.467 e. The number of carbonyl (C=O) groups excluding carboxylic acids is 1. The molecule has 0 spiro atoms. The lowest BCUT2D eigenvalue weighted by atomic mass is 10.2. The molecule has 1 fully saturated rings. The van der Waals surface area contributed by atoms with Gasteiger partial charge in [0.15, 0.2) is 0 Å². The molecule has 3 rings (SSSR count). The van der Waals surface area contributed by atoms with Crippen molar-refractivity contribution < 1.29 is 9.21 Å². The highest BCUT2D eigenvalue weighted by molar-refractivity contribution is 7.10. The third kappa shape index (κ3) is 2.66. The van der Waals surface area contributed by atoms with Crippen molar-refractivity contribution in [3.63, 3.8) is 0 Å². The van der Waals surface area contributed by atoms with E-state index in [9.17, 15) is 4.79 Å². The number of nitrogens with one attached hydrogen (secondary N) is 1. The molecule has 4 nitrogen and oxygen atoms in total. The van der Waals surface area contributed by atoms with Crippen molar-refractivity contribution in [1.82, 2.24) is 10.2 Å². The molecule has 2 aromatic heterocycles. The van der Waals surface area contributed by atoms with Gasteiger partial charge in [-0.25, -0.2) is 4.79 Å². The standard InChI is InChI=1S/C14H16N2O2S/c17-14(15-10-11-4-2-8-18-11)16-7-1-5-12(16)13-6-3-9-19-13/h2-4,6,8-9,12H,1,5,7,10H2,(H,15,17)/t12-/m1/s1. The van der Waals surface area contributed by atoms with Crippen molar-refractivity contribution in [1.29, 1.82) is 0 Å². The Kier molecular flexibility index (Phi) is 3.55. The van der Waals surface area contributed by atoms with Crippen molar-refractivity contribution in [2.45, 2.75) is 25.4 Å². The fourth-order valence-electron chi connectivity index (χ4n) is 2.46. The summed E-state index contributed by atoms with van der Waals surface area (Å²) in [5, 5.41) is 4.98. The van der Waals surface area contributed by atoms with E-state index in [1.165, 1.54) is 4.88 Å². The monoisotopic (exact) mass is 276 g/mol. The predicted octanol–water partition coefficient (Wildman–Crippen LogP) is 3.39. The van der Waals surface area contributed by atoms with E-state index in [-0.39, 0.29) is 12.1 Å². The highest BCUT2D eigenvalue weighted by atomic mass is 32.1. The lowest BCUT2D eigenvalue weighted by Crippen LogP contribution is -2.38. The molecule has 1 saturated heterocycles. The Balaban J connectivity index is 1.62. The zero-order chi connectivity index (χ0) is 13.1. The Hall–Kier alpha value is -1.75. The summed E-state index contributed by atoms with van der Waals surface area (Å²) in [5.41, 5.74) is 0. The van der Waals surface area contributed by atoms with E-state index < -0.39 is 0 Å². The molecule has 1 aliphatic rings. The third-order valence-corrected chi connectivity index (χ3v) is 4.35. The second kappa shape index (κ2) is 5.48. The molecule has 2 amide bonds. The van der Waals surface area contributed by atoms with Gasteiger partial charge in [0, 0.05) is 11.4 Å². The summed E-state index contributed by atoms with van der Waals surface area (Å²) in [7, 11) is 0. The van der Waals surface area contributed by atoms with Crippen LogP contribution < -0.4 is 5.32 Å². The van der Waals surface area contributed by atoms with Crippen LogP contribution in [-0.2, 0) is 6.54 Å². The van der Waals surface area contributed by atoms with E-state index >= 15 is 0 Å². The lowest BCUT2D eigenvalue weighted by Gasteiger charge is -2.24. The molecule has 0 bridgehead atoms. The van der Waals surface area contributed by atoms with Gasteiger partial charge in [-0.1, -0.05) is 6.07 Å². The van der Waals surface area contributed by atoms with Crippen molar-refractivity contribution >= 4 is 17.4 Å². The third-order valence-electron chi connectivity index (χ3n) is 3.38. The fraction of sp³-hybridized carbons (Fsp3) is 0.357. The van der Waals surface area contributed by atoms with E-state index in [0.29, 0.717) is 6.54 Å². The van der Waals surface area contributed by atoms with Gasteiger partial charge in [-0.3, -0.25) is 0 Å². The first-order valence-corrected chi connectivity index (χ1v) is 7.33. The average molecular weight is 276 g/mol. The molecule has 5 heteroatoms. The van der Waals surface area contributed by atoms with Gasteiger partial charge in [0.25, 0.3) is 0 Å². The maximum Gasteiger partial charge on any atom is 0.318 e. The molecule has 3 heterocycles. The van der Waals surface area contributed by atoms with Crippen LogP contribution in [0.5, 0.6) is 0 Å². The van der Waals surface area contributed by atoms with Crippen LogP contribution in [0.4, 0.5) is 4.79 Å². The van der Waals surface area contributed by atoms with E-state index in [4.69, 9.17) is 4.42 Å². The molecule has 0 aromatic carbocycles. The molecule has 0 saturated carbocycles. The summed E-state index contributed by atoms with van der Waals surface area (Å²) in [6, 6.07) is 8.06. The number of thiophene rings is 1. The highest BCUT2D eigenvalue weighted by Gasteiger charge is 2.30. The Morgan fingerprint density at radius 3 is 3.16 bits per heavy atom. The van der Waals surface area contributed by atoms with Crippen LogP contribution in [0, 0.1) is 0 Å². The average Bonchev–Trinajstić information content (AvgIpc) is 3.14. The van der Waals surface area contributed by atoms with Crippen LogP contribution in [0.15, 0.2) is 40.3 Å². The maximum atomic E-state index is 12.2. The number of rotatable bonds is 3. The lowest BCUT2D eigenvalue weighted by molar-refractivity contribution is 0.192. The SMILES string of the molecule is O=C(NCc1ccco1)N1CCC[C@@H]1c1cccs1. The van der Waals surface area contributed by atoms with Crippen molar-refractivity contribution in [3.8, 4) is 0 Å². The first kappa shape index (κ1) is 12.3. The second-order valence-corrected chi connectivity index (χ2v) is 5.58. The van der Waals surface area contributed by atoms with Crippen LogP contribution in [0.2, 0.25) is 0 Å².